The van der Waals surface area contributed by atoms with E-state index in [2.05, 4.69) is 20.9 Å². The van der Waals surface area contributed by atoms with Gasteiger partial charge in [0, 0.05) is 30.1 Å². The number of nitrogens with one attached hydrogen (secondary N) is 1. The van der Waals surface area contributed by atoms with Crippen molar-refractivity contribution in [2.45, 2.75) is 12.8 Å². The second-order valence-corrected chi connectivity index (χ2v) is 6.47. The fourth-order valence-electron chi connectivity index (χ4n) is 2.80. The summed E-state index contributed by atoms with van der Waals surface area (Å²) in [6, 6.07) is 18.1. The molecule has 0 atom stereocenters. The molecular weight excluding hydrogens is 332 g/mol. The summed E-state index contributed by atoms with van der Waals surface area (Å²) in [6.07, 6.45) is 2.59. The molecule has 2 aromatic carbocycles. The van der Waals surface area contributed by atoms with Crippen molar-refractivity contribution in [3.8, 4) is 5.69 Å². The van der Waals surface area contributed by atoms with Crippen LogP contribution in [0, 0.1) is 0 Å². The van der Waals surface area contributed by atoms with E-state index in [9.17, 15) is 4.79 Å². The van der Waals surface area contributed by atoms with Gasteiger partial charge in [-0.15, -0.1) is 11.3 Å². The van der Waals surface area contributed by atoms with E-state index in [1.54, 1.807) is 6.20 Å². The molecule has 5 nitrogen and oxygen atoms in total. The average Bonchev–Trinajstić information content (AvgIpc) is 3.27. The molecule has 0 aliphatic rings. The maximum Gasteiger partial charge on any atom is 0.226 e. The van der Waals surface area contributed by atoms with Crippen molar-refractivity contribution in [1.29, 1.82) is 0 Å². The molecule has 2 aromatic heterocycles. The number of carbonyl (C=O) groups is 1. The van der Waals surface area contributed by atoms with Gasteiger partial charge in [0.05, 0.1) is 11.0 Å². The number of carbonyl (C=O) groups excluding carboxylic acids is 1. The van der Waals surface area contributed by atoms with Gasteiger partial charge >= 0.3 is 0 Å². The molecule has 0 radical (unpaired) electrons. The van der Waals surface area contributed by atoms with Gasteiger partial charge in [0.15, 0.2) is 5.13 Å². The van der Waals surface area contributed by atoms with E-state index < -0.39 is 0 Å². The molecule has 0 saturated carbocycles. The largest absolute Gasteiger partial charge is 0.302 e. The molecule has 1 amide bonds. The van der Waals surface area contributed by atoms with Crippen LogP contribution in [0.15, 0.2) is 66.2 Å². The van der Waals surface area contributed by atoms with Crippen LogP contribution in [0.3, 0.4) is 0 Å². The zero-order valence-electron chi connectivity index (χ0n) is 13.4. The number of para-hydroxylation sites is 3. The number of hydrogen-bond donors (Lipinski definition) is 1. The van der Waals surface area contributed by atoms with Crippen LogP contribution in [-0.2, 0) is 11.2 Å². The Morgan fingerprint density at radius 1 is 1.08 bits per heavy atom. The second kappa shape index (κ2) is 6.86. The highest BCUT2D eigenvalue weighted by Crippen LogP contribution is 2.22. The topological polar surface area (TPSA) is 59.8 Å². The number of anilines is 1. The van der Waals surface area contributed by atoms with Gasteiger partial charge in [0.25, 0.3) is 0 Å². The number of benzene rings is 2. The van der Waals surface area contributed by atoms with E-state index in [0.717, 1.165) is 22.5 Å². The molecular formula is C19H16N4OS. The van der Waals surface area contributed by atoms with Crippen LogP contribution in [0.25, 0.3) is 16.7 Å². The summed E-state index contributed by atoms with van der Waals surface area (Å²) in [4.78, 5) is 21.0. The summed E-state index contributed by atoms with van der Waals surface area (Å²) in [5.41, 5.74) is 3.03. The number of aromatic nitrogens is 3. The van der Waals surface area contributed by atoms with Gasteiger partial charge in [0.1, 0.15) is 5.82 Å². The van der Waals surface area contributed by atoms with Gasteiger partial charge in [-0.3, -0.25) is 9.36 Å². The first-order valence-corrected chi connectivity index (χ1v) is 8.90. The first kappa shape index (κ1) is 15.5. The molecule has 0 aliphatic carbocycles. The molecule has 0 bridgehead atoms. The number of rotatable bonds is 5. The Balaban J connectivity index is 1.62. The summed E-state index contributed by atoms with van der Waals surface area (Å²) in [6.45, 7) is 0. The SMILES string of the molecule is O=C(CCc1nc2ccccc2n1-c1ccccc1)Nc1nccs1. The Labute approximate surface area is 149 Å². The molecule has 4 aromatic rings. The summed E-state index contributed by atoms with van der Waals surface area (Å²) >= 11 is 1.41. The predicted octanol–water partition coefficient (Wildman–Crippen LogP) is 4.05. The summed E-state index contributed by atoms with van der Waals surface area (Å²) in [5, 5.41) is 5.28. The second-order valence-electron chi connectivity index (χ2n) is 5.57. The molecule has 0 fully saturated rings. The van der Waals surface area contributed by atoms with Crippen LogP contribution >= 0.6 is 11.3 Å². The zero-order chi connectivity index (χ0) is 17.1. The standard InChI is InChI=1S/C19H16N4OS/c24-18(22-19-20-12-13-25-19)11-10-17-21-15-8-4-5-9-16(15)23(17)14-6-2-1-3-7-14/h1-9,12-13H,10-11H2,(H,20,22,24). The van der Waals surface area contributed by atoms with E-state index in [4.69, 9.17) is 4.98 Å². The van der Waals surface area contributed by atoms with Crippen LogP contribution in [0.5, 0.6) is 0 Å². The molecule has 25 heavy (non-hydrogen) atoms. The van der Waals surface area contributed by atoms with Gasteiger partial charge < -0.3 is 5.32 Å². The zero-order valence-corrected chi connectivity index (χ0v) is 14.2. The maximum absolute atomic E-state index is 12.2. The third-order valence-electron chi connectivity index (χ3n) is 3.90. The number of amides is 1. The first-order valence-electron chi connectivity index (χ1n) is 8.02. The van der Waals surface area contributed by atoms with Crippen molar-refractivity contribution in [3.63, 3.8) is 0 Å². The van der Waals surface area contributed by atoms with Crippen molar-refractivity contribution in [2.24, 2.45) is 0 Å². The van der Waals surface area contributed by atoms with Crippen molar-refractivity contribution in [1.82, 2.24) is 14.5 Å². The molecule has 0 spiro atoms. The minimum Gasteiger partial charge on any atom is -0.302 e. The van der Waals surface area contributed by atoms with Gasteiger partial charge in [-0.25, -0.2) is 9.97 Å². The van der Waals surface area contributed by atoms with E-state index in [0.29, 0.717) is 18.0 Å². The highest BCUT2D eigenvalue weighted by atomic mass is 32.1. The predicted molar refractivity (Wildman–Crippen MR) is 100 cm³/mol. The highest BCUT2D eigenvalue weighted by molar-refractivity contribution is 7.13. The minimum atomic E-state index is -0.0541. The number of imidazole rings is 1. The molecule has 124 valence electrons. The van der Waals surface area contributed by atoms with Crippen molar-refractivity contribution in [3.05, 3.63) is 72.0 Å². The number of aryl methyl sites for hydroxylation is 1. The molecule has 4 rings (SSSR count). The van der Waals surface area contributed by atoms with Crippen LogP contribution in [-0.4, -0.2) is 20.4 Å². The van der Waals surface area contributed by atoms with Crippen LogP contribution in [0.1, 0.15) is 12.2 Å². The summed E-state index contributed by atoms with van der Waals surface area (Å²) in [7, 11) is 0. The Bertz CT molecular complexity index is 993. The van der Waals surface area contributed by atoms with E-state index in [1.807, 2.05) is 53.9 Å². The monoisotopic (exact) mass is 348 g/mol. The van der Waals surface area contributed by atoms with Gasteiger partial charge in [-0.05, 0) is 24.3 Å². The molecule has 0 unspecified atom stereocenters. The van der Waals surface area contributed by atoms with Crippen LogP contribution in [0.2, 0.25) is 0 Å². The van der Waals surface area contributed by atoms with E-state index >= 15 is 0 Å². The Hall–Kier alpha value is -2.99. The highest BCUT2D eigenvalue weighted by Gasteiger charge is 2.14. The van der Waals surface area contributed by atoms with Gasteiger partial charge in [0.2, 0.25) is 5.91 Å². The smallest absolute Gasteiger partial charge is 0.226 e. The van der Waals surface area contributed by atoms with Gasteiger partial charge in [-0.1, -0.05) is 30.3 Å². The lowest BCUT2D eigenvalue weighted by Crippen LogP contribution is -2.13. The third-order valence-corrected chi connectivity index (χ3v) is 4.59. The van der Waals surface area contributed by atoms with Gasteiger partial charge in [-0.2, -0.15) is 0 Å². The molecule has 0 saturated heterocycles. The Kier molecular flexibility index (Phi) is 4.26. The Morgan fingerprint density at radius 3 is 2.68 bits per heavy atom. The minimum absolute atomic E-state index is 0.0541. The van der Waals surface area contributed by atoms with E-state index in [-0.39, 0.29) is 5.91 Å². The fourth-order valence-corrected chi connectivity index (χ4v) is 3.35. The fraction of sp³-hybridized carbons (Fsp3) is 0.105. The summed E-state index contributed by atoms with van der Waals surface area (Å²) < 4.78 is 2.12. The maximum atomic E-state index is 12.2. The summed E-state index contributed by atoms with van der Waals surface area (Å²) in [5.74, 6) is 0.823. The first-order chi connectivity index (χ1) is 12.3. The lowest BCUT2D eigenvalue weighted by Gasteiger charge is -2.09. The molecule has 6 heteroatoms. The number of hydrogen-bond acceptors (Lipinski definition) is 4. The number of thiazole rings is 1. The van der Waals surface area contributed by atoms with Crippen molar-refractivity contribution in [2.75, 3.05) is 5.32 Å². The van der Waals surface area contributed by atoms with Crippen molar-refractivity contribution >= 4 is 33.4 Å². The molecule has 1 N–H and O–H groups in total. The van der Waals surface area contributed by atoms with E-state index in [1.165, 1.54) is 11.3 Å². The lowest BCUT2D eigenvalue weighted by atomic mass is 10.2. The third kappa shape index (κ3) is 3.29. The average molecular weight is 348 g/mol. The normalized spacial score (nSPS) is 10.9. The van der Waals surface area contributed by atoms with Crippen LogP contribution in [0.4, 0.5) is 5.13 Å². The molecule has 0 aliphatic heterocycles. The number of nitrogens with zero attached hydrogens (tertiary/aromatic N) is 3. The number of fused-ring (bicyclic) bond motifs is 1. The van der Waals surface area contributed by atoms with Crippen LogP contribution < -0.4 is 5.32 Å². The Morgan fingerprint density at radius 2 is 1.88 bits per heavy atom. The van der Waals surface area contributed by atoms with Crippen molar-refractivity contribution < 1.29 is 4.79 Å². The molecule has 2 heterocycles. The quantitative estimate of drug-likeness (QED) is 0.592. The lowest BCUT2D eigenvalue weighted by molar-refractivity contribution is -0.116.